The minimum absolute atomic E-state index is 0.140. The first-order valence-electron chi connectivity index (χ1n) is 14.4. The van der Waals surface area contributed by atoms with Gasteiger partial charge in [0.25, 0.3) is 5.91 Å². The molecule has 6 nitrogen and oxygen atoms in total. The third-order valence-electron chi connectivity index (χ3n) is 8.61. The maximum atomic E-state index is 12.8. The lowest BCUT2D eigenvalue weighted by molar-refractivity contribution is 0.0411. The highest BCUT2D eigenvalue weighted by Crippen LogP contribution is 2.42. The zero-order valence-corrected chi connectivity index (χ0v) is 24.3. The standard InChI is InChI=1S/C32H40N4O2S/c1-31(2,3)25-12-10-24(11-13-25)23-36-21-16-32(38-27-9-5-4-8-26(27)36)14-19-35(20-15-32)30-33-22-28(39-30)29(37)34-17-6-7-18-34/h4-5,8-13,22H,6-7,14-21,23H2,1-3H3. The Morgan fingerprint density at radius 1 is 0.949 bits per heavy atom. The van der Waals surface area contributed by atoms with E-state index in [2.05, 4.69) is 84.1 Å². The number of fused-ring (bicyclic) bond motifs is 1. The molecule has 2 aromatic carbocycles. The summed E-state index contributed by atoms with van der Waals surface area (Å²) < 4.78 is 6.87. The van der Waals surface area contributed by atoms with Gasteiger partial charge in [0.2, 0.25) is 0 Å². The Hall–Kier alpha value is -3.06. The second-order valence-corrected chi connectivity index (χ2v) is 13.4. The van der Waals surface area contributed by atoms with Gasteiger partial charge in [-0.2, -0.15) is 0 Å². The van der Waals surface area contributed by atoms with Crippen LogP contribution in [0.4, 0.5) is 10.8 Å². The third-order valence-corrected chi connectivity index (χ3v) is 9.65. The number of benzene rings is 2. The van der Waals surface area contributed by atoms with Crippen LogP contribution in [-0.2, 0) is 12.0 Å². The Morgan fingerprint density at radius 3 is 2.36 bits per heavy atom. The predicted molar refractivity (Wildman–Crippen MR) is 159 cm³/mol. The number of likely N-dealkylation sites (tertiary alicyclic amines) is 1. The first-order chi connectivity index (χ1) is 18.8. The SMILES string of the molecule is CC(C)(C)c1ccc(CN2CCC3(CCN(c4ncc(C(=O)N5CCCC5)s4)CC3)Oc3ccccc32)cc1. The average molecular weight is 545 g/mol. The lowest BCUT2D eigenvalue weighted by atomic mass is 9.86. The minimum Gasteiger partial charge on any atom is -0.485 e. The van der Waals surface area contributed by atoms with E-state index in [0.717, 1.165) is 87.1 Å². The van der Waals surface area contributed by atoms with Crippen LogP contribution >= 0.6 is 11.3 Å². The summed E-state index contributed by atoms with van der Waals surface area (Å²) in [4.78, 5) is 25.0. The van der Waals surface area contributed by atoms with E-state index in [1.165, 1.54) is 16.8 Å². The summed E-state index contributed by atoms with van der Waals surface area (Å²) in [6, 6.07) is 17.6. The number of piperidine rings is 1. The molecule has 1 aromatic heterocycles. The molecule has 0 aliphatic carbocycles. The van der Waals surface area contributed by atoms with E-state index in [1.54, 1.807) is 17.5 Å². The van der Waals surface area contributed by atoms with Crippen LogP contribution in [0.1, 0.15) is 73.7 Å². The van der Waals surface area contributed by atoms with Crippen molar-refractivity contribution in [2.45, 2.75) is 70.4 Å². The van der Waals surface area contributed by atoms with Crippen LogP contribution in [0.5, 0.6) is 5.75 Å². The number of carbonyl (C=O) groups excluding carboxylic acids is 1. The van der Waals surface area contributed by atoms with Crippen molar-refractivity contribution in [1.29, 1.82) is 0 Å². The molecule has 1 amide bonds. The topological polar surface area (TPSA) is 48.9 Å². The molecule has 39 heavy (non-hydrogen) atoms. The smallest absolute Gasteiger partial charge is 0.265 e. The maximum Gasteiger partial charge on any atom is 0.265 e. The van der Waals surface area contributed by atoms with Gasteiger partial charge in [0.05, 0.1) is 11.9 Å². The fourth-order valence-corrected chi connectivity index (χ4v) is 7.02. The number of rotatable bonds is 4. The van der Waals surface area contributed by atoms with Crippen LogP contribution < -0.4 is 14.5 Å². The minimum atomic E-state index is -0.178. The lowest BCUT2D eigenvalue weighted by Crippen LogP contribution is -2.48. The molecule has 2 saturated heterocycles. The van der Waals surface area contributed by atoms with Crippen molar-refractivity contribution in [2.24, 2.45) is 0 Å². The Bertz CT molecular complexity index is 1300. The van der Waals surface area contributed by atoms with E-state index in [-0.39, 0.29) is 16.9 Å². The van der Waals surface area contributed by atoms with Gasteiger partial charge in [-0.3, -0.25) is 4.79 Å². The van der Waals surface area contributed by atoms with Crippen molar-refractivity contribution in [3.05, 3.63) is 70.7 Å². The highest BCUT2D eigenvalue weighted by Gasteiger charge is 2.40. The Kier molecular flexibility index (Phi) is 7.04. The summed E-state index contributed by atoms with van der Waals surface area (Å²) in [5.74, 6) is 1.13. The summed E-state index contributed by atoms with van der Waals surface area (Å²) in [5, 5.41) is 0.960. The molecule has 206 valence electrons. The Balaban J connectivity index is 1.13. The van der Waals surface area contributed by atoms with E-state index in [0.29, 0.717) is 0 Å². The molecule has 2 fully saturated rings. The molecule has 0 unspecified atom stereocenters. The van der Waals surface area contributed by atoms with E-state index < -0.39 is 0 Å². The quantitative estimate of drug-likeness (QED) is 0.375. The molecule has 0 atom stereocenters. The van der Waals surface area contributed by atoms with Crippen molar-refractivity contribution in [3.8, 4) is 5.75 Å². The molecule has 3 aliphatic rings. The molecule has 1 spiro atoms. The van der Waals surface area contributed by atoms with Gasteiger partial charge in [-0.25, -0.2) is 4.98 Å². The fraction of sp³-hybridized carbons (Fsp3) is 0.500. The van der Waals surface area contributed by atoms with Crippen LogP contribution in [0.25, 0.3) is 0 Å². The number of carbonyl (C=O) groups is 1. The first-order valence-corrected chi connectivity index (χ1v) is 15.2. The van der Waals surface area contributed by atoms with E-state index in [4.69, 9.17) is 4.74 Å². The Labute approximate surface area is 236 Å². The van der Waals surface area contributed by atoms with Crippen LogP contribution in [0, 0.1) is 0 Å². The number of thiazole rings is 1. The molecule has 6 rings (SSSR count). The van der Waals surface area contributed by atoms with E-state index in [9.17, 15) is 4.79 Å². The van der Waals surface area contributed by atoms with Gasteiger partial charge < -0.3 is 19.4 Å². The molecule has 0 bridgehead atoms. The lowest BCUT2D eigenvalue weighted by Gasteiger charge is -2.41. The Morgan fingerprint density at radius 2 is 1.64 bits per heavy atom. The second-order valence-electron chi connectivity index (χ2n) is 12.4. The van der Waals surface area contributed by atoms with Gasteiger partial charge in [0, 0.05) is 58.5 Å². The van der Waals surface area contributed by atoms with Crippen molar-refractivity contribution in [1.82, 2.24) is 9.88 Å². The molecule has 0 N–H and O–H groups in total. The monoisotopic (exact) mass is 544 g/mol. The molecular weight excluding hydrogens is 504 g/mol. The maximum absolute atomic E-state index is 12.8. The van der Waals surface area contributed by atoms with E-state index >= 15 is 0 Å². The number of hydrogen-bond acceptors (Lipinski definition) is 6. The normalized spacial score (nSPS) is 19.1. The number of nitrogens with zero attached hydrogens (tertiary/aromatic N) is 4. The van der Waals surface area contributed by atoms with Crippen molar-refractivity contribution in [2.75, 3.05) is 42.5 Å². The number of para-hydroxylation sites is 2. The molecule has 0 saturated carbocycles. The zero-order chi connectivity index (χ0) is 27.0. The summed E-state index contributed by atoms with van der Waals surface area (Å²) in [5.41, 5.74) is 3.85. The summed E-state index contributed by atoms with van der Waals surface area (Å²) in [7, 11) is 0. The summed E-state index contributed by atoms with van der Waals surface area (Å²) in [6.45, 7) is 12.1. The van der Waals surface area contributed by atoms with Crippen LogP contribution in [0.15, 0.2) is 54.7 Å². The van der Waals surface area contributed by atoms with Crippen molar-refractivity contribution >= 4 is 28.1 Å². The average Bonchev–Trinajstić information content (AvgIpc) is 3.62. The first kappa shape index (κ1) is 26.2. The summed E-state index contributed by atoms with van der Waals surface area (Å²) >= 11 is 1.54. The summed E-state index contributed by atoms with van der Waals surface area (Å²) in [6.07, 6.45) is 6.88. The molecule has 3 aliphatic heterocycles. The third kappa shape index (κ3) is 5.51. The van der Waals surface area contributed by atoms with Gasteiger partial charge in [-0.15, -0.1) is 0 Å². The molecule has 4 heterocycles. The van der Waals surface area contributed by atoms with Crippen LogP contribution in [0.3, 0.4) is 0 Å². The number of amides is 1. The van der Waals surface area contributed by atoms with Crippen LogP contribution in [-0.4, -0.2) is 54.1 Å². The molecular formula is C32H40N4O2S. The highest BCUT2D eigenvalue weighted by molar-refractivity contribution is 7.17. The van der Waals surface area contributed by atoms with Gasteiger partial charge in [0.15, 0.2) is 5.13 Å². The van der Waals surface area contributed by atoms with E-state index in [1.807, 2.05) is 4.90 Å². The van der Waals surface area contributed by atoms with Gasteiger partial charge in [-0.05, 0) is 41.5 Å². The number of hydrogen-bond donors (Lipinski definition) is 0. The fourth-order valence-electron chi connectivity index (χ4n) is 6.09. The largest absolute Gasteiger partial charge is 0.485 e. The van der Waals surface area contributed by atoms with Crippen LogP contribution in [0.2, 0.25) is 0 Å². The van der Waals surface area contributed by atoms with Gasteiger partial charge in [-0.1, -0.05) is 68.5 Å². The van der Waals surface area contributed by atoms with Crippen molar-refractivity contribution < 1.29 is 9.53 Å². The highest BCUT2D eigenvalue weighted by atomic mass is 32.1. The number of ether oxygens (including phenoxy) is 1. The number of aromatic nitrogens is 1. The molecule has 3 aromatic rings. The zero-order valence-electron chi connectivity index (χ0n) is 23.5. The molecule has 7 heteroatoms. The van der Waals surface area contributed by atoms with Gasteiger partial charge in [0.1, 0.15) is 16.2 Å². The van der Waals surface area contributed by atoms with Crippen molar-refractivity contribution in [3.63, 3.8) is 0 Å². The van der Waals surface area contributed by atoms with Gasteiger partial charge >= 0.3 is 0 Å². The predicted octanol–water partition coefficient (Wildman–Crippen LogP) is 6.50. The second kappa shape index (κ2) is 10.5. The molecule has 0 radical (unpaired) electrons. The number of anilines is 2.